The number of benzene rings is 1. The topological polar surface area (TPSA) is 46.3 Å². The predicted octanol–water partition coefficient (Wildman–Crippen LogP) is 2.04. The standard InChI is InChI=1S/C11H11BrF2N2O/c12-7-2-8(13)9(14)3-10(7)16-5-6(4-15)1-11(16)17/h2-3,6H,1,4-5,15H2. The average molecular weight is 305 g/mol. The van der Waals surface area contributed by atoms with E-state index < -0.39 is 11.6 Å². The van der Waals surface area contributed by atoms with Gasteiger partial charge >= 0.3 is 0 Å². The van der Waals surface area contributed by atoms with E-state index in [0.29, 0.717) is 29.7 Å². The van der Waals surface area contributed by atoms with Crippen LogP contribution in [0, 0.1) is 17.6 Å². The third kappa shape index (κ3) is 2.32. The lowest BCUT2D eigenvalue weighted by atomic mass is 10.1. The van der Waals surface area contributed by atoms with Crippen LogP contribution in [0.2, 0.25) is 0 Å². The van der Waals surface area contributed by atoms with Crippen LogP contribution in [0.3, 0.4) is 0 Å². The number of nitrogens with zero attached hydrogens (tertiary/aromatic N) is 1. The van der Waals surface area contributed by atoms with Crippen molar-refractivity contribution in [2.45, 2.75) is 6.42 Å². The Hall–Kier alpha value is -1.01. The van der Waals surface area contributed by atoms with Gasteiger partial charge < -0.3 is 10.6 Å². The van der Waals surface area contributed by atoms with E-state index in [1.54, 1.807) is 0 Å². The maximum atomic E-state index is 13.2. The van der Waals surface area contributed by atoms with Gasteiger partial charge in [-0.15, -0.1) is 0 Å². The van der Waals surface area contributed by atoms with E-state index in [1.807, 2.05) is 0 Å². The summed E-state index contributed by atoms with van der Waals surface area (Å²) in [5.41, 5.74) is 5.86. The first-order chi connectivity index (χ1) is 8.02. The Balaban J connectivity index is 2.35. The molecule has 1 aliphatic heterocycles. The van der Waals surface area contributed by atoms with Gasteiger partial charge in [-0.2, -0.15) is 0 Å². The number of halogens is 3. The van der Waals surface area contributed by atoms with Crippen LogP contribution in [-0.4, -0.2) is 19.0 Å². The van der Waals surface area contributed by atoms with E-state index in [2.05, 4.69) is 15.9 Å². The molecule has 1 atom stereocenters. The van der Waals surface area contributed by atoms with Gasteiger partial charge in [-0.05, 0) is 34.5 Å². The maximum absolute atomic E-state index is 13.2. The van der Waals surface area contributed by atoms with Crippen molar-refractivity contribution in [2.24, 2.45) is 11.7 Å². The van der Waals surface area contributed by atoms with Crippen molar-refractivity contribution >= 4 is 27.5 Å². The number of carbonyl (C=O) groups is 1. The van der Waals surface area contributed by atoms with Gasteiger partial charge in [-0.3, -0.25) is 4.79 Å². The Morgan fingerprint density at radius 1 is 1.41 bits per heavy atom. The third-order valence-corrected chi connectivity index (χ3v) is 3.45. The second-order valence-corrected chi connectivity index (χ2v) is 4.88. The van der Waals surface area contributed by atoms with Crippen molar-refractivity contribution in [1.82, 2.24) is 0 Å². The average Bonchev–Trinajstić information content (AvgIpc) is 2.65. The smallest absolute Gasteiger partial charge is 0.227 e. The number of rotatable bonds is 2. The molecule has 2 N–H and O–H groups in total. The normalized spacial score (nSPS) is 20.1. The van der Waals surface area contributed by atoms with Crippen LogP contribution in [0.4, 0.5) is 14.5 Å². The third-order valence-electron chi connectivity index (χ3n) is 2.82. The Morgan fingerprint density at radius 2 is 2.06 bits per heavy atom. The first-order valence-corrected chi connectivity index (χ1v) is 5.97. The molecule has 92 valence electrons. The van der Waals surface area contributed by atoms with E-state index in [4.69, 9.17) is 5.73 Å². The van der Waals surface area contributed by atoms with Crippen LogP contribution in [0.5, 0.6) is 0 Å². The highest BCUT2D eigenvalue weighted by atomic mass is 79.9. The zero-order valence-corrected chi connectivity index (χ0v) is 10.5. The SMILES string of the molecule is NCC1CC(=O)N(c2cc(F)c(F)cc2Br)C1. The van der Waals surface area contributed by atoms with Crippen LogP contribution in [0.15, 0.2) is 16.6 Å². The van der Waals surface area contributed by atoms with Crippen LogP contribution >= 0.6 is 15.9 Å². The summed E-state index contributed by atoms with van der Waals surface area (Å²) in [5.74, 6) is -1.95. The fourth-order valence-corrected chi connectivity index (χ4v) is 2.42. The van der Waals surface area contributed by atoms with Crippen molar-refractivity contribution in [3.63, 3.8) is 0 Å². The molecule has 1 heterocycles. The highest BCUT2D eigenvalue weighted by molar-refractivity contribution is 9.10. The fourth-order valence-electron chi connectivity index (χ4n) is 1.89. The van der Waals surface area contributed by atoms with Gasteiger partial charge in [0.15, 0.2) is 11.6 Å². The van der Waals surface area contributed by atoms with E-state index in [0.717, 1.165) is 12.1 Å². The quantitative estimate of drug-likeness (QED) is 0.850. The maximum Gasteiger partial charge on any atom is 0.227 e. The minimum absolute atomic E-state index is 0.0718. The molecular formula is C11H11BrF2N2O. The first-order valence-electron chi connectivity index (χ1n) is 5.18. The highest BCUT2D eigenvalue weighted by Crippen LogP contribution is 2.32. The zero-order valence-electron chi connectivity index (χ0n) is 8.92. The van der Waals surface area contributed by atoms with Gasteiger partial charge in [0.25, 0.3) is 0 Å². The van der Waals surface area contributed by atoms with E-state index in [1.165, 1.54) is 4.90 Å². The number of carbonyl (C=O) groups excluding carboxylic acids is 1. The summed E-state index contributed by atoms with van der Waals surface area (Å²) in [6.45, 7) is 0.850. The Kier molecular flexibility index (Phi) is 3.44. The molecule has 1 aromatic rings. The summed E-state index contributed by atoms with van der Waals surface area (Å²) in [7, 11) is 0. The summed E-state index contributed by atoms with van der Waals surface area (Å²) in [5, 5.41) is 0. The van der Waals surface area contributed by atoms with Crippen LogP contribution in [0.1, 0.15) is 6.42 Å². The molecule has 1 amide bonds. The summed E-state index contributed by atoms with van der Waals surface area (Å²) < 4.78 is 26.5. The molecule has 0 radical (unpaired) electrons. The molecule has 2 rings (SSSR count). The Bertz CT molecular complexity index is 467. The molecule has 17 heavy (non-hydrogen) atoms. The molecule has 1 unspecified atom stereocenters. The van der Waals surface area contributed by atoms with Crippen molar-refractivity contribution in [3.05, 3.63) is 28.2 Å². The molecule has 1 aromatic carbocycles. The van der Waals surface area contributed by atoms with Crippen molar-refractivity contribution in [2.75, 3.05) is 18.0 Å². The molecule has 1 fully saturated rings. The molecule has 0 aromatic heterocycles. The van der Waals surface area contributed by atoms with Crippen molar-refractivity contribution in [3.8, 4) is 0 Å². The highest BCUT2D eigenvalue weighted by Gasteiger charge is 2.31. The van der Waals surface area contributed by atoms with Gasteiger partial charge in [0, 0.05) is 23.5 Å². The number of anilines is 1. The van der Waals surface area contributed by atoms with E-state index in [-0.39, 0.29) is 11.8 Å². The van der Waals surface area contributed by atoms with E-state index >= 15 is 0 Å². The zero-order chi connectivity index (χ0) is 12.6. The molecule has 6 heteroatoms. The molecule has 0 spiro atoms. The lowest BCUT2D eigenvalue weighted by Crippen LogP contribution is -2.26. The second-order valence-electron chi connectivity index (χ2n) is 4.03. The summed E-state index contributed by atoms with van der Waals surface area (Å²) in [4.78, 5) is 13.2. The van der Waals surface area contributed by atoms with Gasteiger partial charge in [-0.1, -0.05) is 0 Å². The summed E-state index contributed by atoms with van der Waals surface area (Å²) in [6, 6.07) is 2.05. The molecule has 0 saturated carbocycles. The van der Waals surface area contributed by atoms with Gasteiger partial charge in [0.1, 0.15) is 0 Å². The number of amides is 1. The number of nitrogens with two attached hydrogens (primary N) is 1. The van der Waals surface area contributed by atoms with Gasteiger partial charge in [-0.25, -0.2) is 8.78 Å². The van der Waals surface area contributed by atoms with Gasteiger partial charge in [0.2, 0.25) is 5.91 Å². The predicted molar refractivity (Wildman–Crippen MR) is 63.6 cm³/mol. The summed E-state index contributed by atoms with van der Waals surface area (Å²) in [6.07, 6.45) is 0.349. The number of hydrogen-bond acceptors (Lipinski definition) is 2. The fraction of sp³-hybridized carbons (Fsp3) is 0.364. The first kappa shape index (κ1) is 12.4. The van der Waals surface area contributed by atoms with Crippen LogP contribution in [-0.2, 0) is 4.79 Å². The lowest BCUT2D eigenvalue weighted by Gasteiger charge is -2.18. The molecule has 1 aliphatic rings. The Morgan fingerprint density at radius 3 is 2.65 bits per heavy atom. The second kappa shape index (κ2) is 4.70. The van der Waals surface area contributed by atoms with Crippen molar-refractivity contribution in [1.29, 1.82) is 0 Å². The summed E-state index contributed by atoms with van der Waals surface area (Å²) >= 11 is 3.13. The largest absolute Gasteiger partial charge is 0.330 e. The molecule has 1 saturated heterocycles. The minimum Gasteiger partial charge on any atom is -0.330 e. The lowest BCUT2D eigenvalue weighted by molar-refractivity contribution is -0.117. The molecular weight excluding hydrogens is 294 g/mol. The molecule has 0 aliphatic carbocycles. The van der Waals surface area contributed by atoms with Crippen LogP contribution < -0.4 is 10.6 Å². The molecule has 3 nitrogen and oxygen atoms in total. The minimum atomic E-state index is -0.966. The van der Waals surface area contributed by atoms with Crippen molar-refractivity contribution < 1.29 is 13.6 Å². The molecule has 0 bridgehead atoms. The van der Waals surface area contributed by atoms with Crippen LogP contribution in [0.25, 0.3) is 0 Å². The monoisotopic (exact) mass is 304 g/mol. The van der Waals surface area contributed by atoms with E-state index in [9.17, 15) is 13.6 Å². The van der Waals surface area contributed by atoms with Gasteiger partial charge in [0.05, 0.1) is 5.69 Å². The Labute approximate surface area is 106 Å². The number of hydrogen-bond donors (Lipinski definition) is 1.